The fraction of sp³-hybridized carbons (Fsp3) is 0.111. The van der Waals surface area contributed by atoms with E-state index < -0.39 is 0 Å². The Hall–Kier alpha value is -1.07. The summed E-state index contributed by atoms with van der Waals surface area (Å²) < 4.78 is 0. The quantitative estimate of drug-likeness (QED) is 0.867. The Kier molecular flexibility index (Phi) is 3.00. The number of hydrogen-bond acceptors (Lipinski definition) is 4. The topological polar surface area (TPSA) is 37.8 Å². The molecule has 0 aliphatic rings. The zero-order chi connectivity index (χ0) is 9.80. The second-order valence-corrected chi connectivity index (χ2v) is 3.99. The number of para-hydroxylation sites is 1. The number of hydrogen-bond donors (Lipinski definition) is 1. The summed E-state index contributed by atoms with van der Waals surface area (Å²) in [6.07, 6.45) is 0. The van der Waals surface area contributed by atoms with Crippen LogP contribution in [-0.4, -0.2) is 10.2 Å². The van der Waals surface area contributed by atoms with Crippen LogP contribution in [0.1, 0.15) is 5.01 Å². The average molecular weight is 222 g/mol. The highest BCUT2D eigenvalue weighted by molar-refractivity contribution is 7.79. The normalized spacial score (nSPS) is 10.1. The Morgan fingerprint density at radius 3 is 2.64 bits per heavy atom. The maximum absolute atomic E-state index is 4.88. The van der Waals surface area contributed by atoms with E-state index in [1.54, 1.807) is 0 Å². The van der Waals surface area contributed by atoms with Gasteiger partial charge < -0.3 is 5.32 Å². The summed E-state index contributed by atoms with van der Waals surface area (Å²) in [5.41, 5.74) is 1.01. The Morgan fingerprint density at radius 1 is 1.21 bits per heavy atom. The first-order valence-electron chi connectivity index (χ1n) is 4.11. The van der Waals surface area contributed by atoms with Crippen molar-refractivity contribution in [3.05, 3.63) is 35.3 Å². The summed E-state index contributed by atoms with van der Waals surface area (Å²) in [7, 11) is 0. The Morgan fingerprint density at radius 2 is 2.00 bits per heavy atom. The molecule has 5 heteroatoms. The van der Waals surface area contributed by atoms with Crippen LogP contribution in [0, 0.1) is 0 Å². The first-order chi connectivity index (χ1) is 6.88. The lowest BCUT2D eigenvalue weighted by atomic mass is 10.3. The van der Waals surface area contributed by atoms with Crippen LogP contribution in [0.5, 0.6) is 0 Å². The van der Waals surface area contributed by atoms with Gasteiger partial charge in [0.25, 0.3) is 0 Å². The monoisotopic (exact) mass is 222 g/mol. The lowest BCUT2D eigenvalue weighted by Crippen LogP contribution is -1.87. The number of rotatable bonds is 3. The molecule has 0 spiro atoms. The molecule has 0 aliphatic carbocycles. The molecule has 1 aromatic carbocycles. The molecule has 14 heavy (non-hydrogen) atoms. The molecule has 0 atom stereocenters. The molecule has 0 bridgehead atoms. The Bertz CT molecular complexity index is 399. The molecule has 3 nitrogen and oxygen atoms in total. The molecule has 0 unspecified atom stereocenters. The van der Waals surface area contributed by atoms with Gasteiger partial charge in [0.15, 0.2) is 0 Å². The van der Waals surface area contributed by atoms with Gasteiger partial charge in [0, 0.05) is 5.69 Å². The highest BCUT2D eigenvalue weighted by Crippen LogP contribution is 2.20. The van der Waals surface area contributed by atoms with Gasteiger partial charge in [-0.05, 0) is 12.1 Å². The van der Waals surface area contributed by atoms with Crippen molar-refractivity contribution in [2.45, 2.75) is 5.75 Å². The van der Waals surface area contributed by atoms with E-state index in [0.29, 0.717) is 5.75 Å². The molecule has 2 aromatic rings. The number of nitrogens with one attached hydrogen (secondary N) is 1. The van der Waals surface area contributed by atoms with E-state index in [1.165, 1.54) is 11.3 Å². The van der Waals surface area contributed by atoms with Crippen LogP contribution in [0.2, 0.25) is 0 Å². The molecular formula is C9H8N3S2. The van der Waals surface area contributed by atoms with Crippen LogP contribution in [0.3, 0.4) is 0 Å². The van der Waals surface area contributed by atoms with Gasteiger partial charge in [-0.3, -0.25) is 0 Å². The van der Waals surface area contributed by atoms with Crippen LogP contribution < -0.4 is 5.32 Å². The summed E-state index contributed by atoms with van der Waals surface area (Å²) in [6.45, 7) is 0. The number of nitrogens with zero attached hydrogens (tertiary/aromatic N) is 2. The van der Waals surface area contributed by atoms with Crippen molar-refractivity contribution in [1.82, 2.24) is 10.2 Å². The van der Waals surface area contributed by atoms with E-state index in [2.05, 4.69) is 15.5 Å². The van der Waals surface area contributed by atoms with Crippen molar-refractivity contribution >= 4 is 34.8 Å². The first-order valence-corrected chi connectivity index (χ1v) is 5.50. The van der Waals surface area contributed by atoms with Crippen LogP contribution >= 0.6 is 24.0 Å². The van der Waals surface area contributed by atoms with Gasteiger partial charge in [-0.2, -0.15) is 0 Å². The van der Waals surface area contributed by atoms with E-state index in [-0.39, 0.29) is 0 Å². The molecule has 1 aromatic heterocycles. The van der Waals surface area contributed by atoms with Crippen LogP contribution in [0.4, 0.5) is 10.8 Å². The van der Waals surface area contributed by atoms with Crippen molar-refractivity contribution in [1.29, 1.82) is 0 Å². The first kappa shape index (κ1) is 9.48. The molecule has 1 radical (unpaired) electrons. The molecule has 1 heterocycles. The molecule has 0 saturated heterocycles. The highest BCUT2D eigenvalue weighted by atomic mass is 32.1. The molecule has 0 fully saturated rings. The number of benzene rings is 1. The maximum atomic E-state index is 4.88. The maximum Gasteiger partial charge on any atom is 0.210 e. The van der Waals surface area contributed by atoms with E-state index in [9.17, 15) is 0 Å². The van der Waals surface area contributed by atoms with E-state index in [1.807, 2.05) is 30.3 Å². The molecule has 2 rings (SSSR count). The van der Waals surface area contributed by atoms with Crippen molar-refractivity contribution in [3.8, 4) is 0 Å². The van der Waals surface area contributed by atoms with Gasteiger partial charge in [0.2, 0.25) is 5.13 Å². The minimum Gasteiger partial charge on any atom is -0.330 e. The number of anilines is 2. The lowest BCUT2D eigenvalue weighted by molar-refractivity contribution is 1.04. The van der Waals surface area contributed by atoms with Crippen LogP contribution in [0.15, 0.2) is 30.3 Å². The fourth-order valence-corrected chi connectivity index (χ4v) is 1.86. The van der Waals surface area contributed by atoms with Gasteiger partial charge in [0.05, 0.1) is 5.75 Å². The lowest BCUT2D eigenvalue weighted by Gasteiger charge is -1.99. The van der Waals surface area contributed by atoms with Gasteiger partial charge >= 0.3 is 0 Å². The van der Waals surface area contributed by atoms with Gasteiger partial charge in [-0.1, -0.05) is 42.2 Å². The minimum atomic E-state index is 0.522. The van der Waals surface area contributed by atoms with E-state index in [0.717, 1.165) is 15.8 Å². The zero-order valence-corrected chi connectivity index (χ0v) is 8.94. The summed E-state index contributed by atoms with van der Waals surface area (Å²) in [5.74, 6) is 0.522. The second-order valence-electron chi connectivity index (χ2n) is 2.64. The van der Waals surface area contributed by atoms with Gasteiger partial charge in [-0.25, -0.2) is 0 Å². The summed E-state index contributed by atoms with van der Waals surface area (Å²) in [4.78, 5) is 0. The number of aromatic nitrogens is 2. The van der Waals surface area contributed by atoms with Gasteiger partial charge in [-0.15, -0.1) is 10.2 Å². The molecule has 0 aliphatic heterocycles. The molecular weight excluding hydrogens is 214 g/mol. The fourth-order valence-electron chi connectivity index (χ4n) is 1.01. The third kappa shape index (κ3) is 2.24. The largest absolute Gasteiger partial charge is 0.330 e. The van der Waals surface area contributed by atoms with Crippen molar-refractivity contribution in [2.24, 2.45) is 0 Å². The minimum absolute atomic E-state index is 0.522. The predicted octanol–water partition coefficient (Wildman–Crippen LogP) is 2.98. The molecule has 1 N–H and O–H groups in total. The molecule has 0 amide bonds. The van der Waals surface area contributed by atoms with Crippen molar-refractivity contribution < 1.29 is 0 Å². The van der Waals surface area contributed by atoms with Crippen molar-refractivity contribution in [3.63, 3.8) is 0 Å². The van der Waals surface area contributed by atoms with E-state index in [4.69, 9.17) is 12.6 Å². The zero-order valence-electron chi connectivity index (χ0n) is 7.30. The summed E-state index contributed by atoms with van der Waals surface area (Å²) >= 11 is 6.37. The SMILES string of the molecule is [S]Cc1nnc(Nc2ccccc2)s1. The summed E-state index contributed by atoms with van der Waals surface area (Å²) in [6, 6.07) is 9.87. The van der Waals surface area contributed by atoms with Crippen molar-refractivity contribution in [2.75, 3.05) is 5.32 Å². The average Bonchev–Trinajstić information content (AvgIpc) is 2.67. The summed E-state index contributed by atoms with van der Waals surface area (Å²) in [5, 5.41) is 12.7. The standard InChI is InChI=1S/C9H8N3S2/c13-6-8-11-12-9(14-8)10-7-4-2-1-3-5-7/h1-5H,6H2,(H,10,12). The third-order valence-corrected chi connectivity index (χ3v) is 2.91. The highest BCUT2D eigenvalue weighted by Gasteiger charge is 2.01. The predicted molar refractivity (Wildman–Crippen MR) is 60.9 cm³/mol. The smallest absolute Gasteiger partial charge is 0.210 e. The molecule has 71 valence electrons. The second kappa shape index (κ2) is 4.43. The van der Waals surface area contributed by atoms with Gasteiger partial charge in [0.1, 0.15) is 5.01 Å². The third-order valence-electron chi connectivity index (χ3n) is 1.62. The van der Waals surface area contributed by atoms with Crippen LogP contribution in [0.25, 0.3) is 0 Å². The molecule has 0 saturated carbocycles. The van der Waals surface area contributed by atoms with Crippen LogP contribution in [-0.2, 0) is 5.75 Å². The Labute approximate surface area is 91.6 Å². The Balaban J connectivity index is 2.11. The van der Waals surface area contributed by atoms with E-state index >= 15 is 0 Å².